The van der Waals surface area contributed by atoms with Crippen molar-refractivity contribution in [3.8, 4) is 5.75 Å². The molecule has 0 aromatic heterocycles. The van der Waals surface area contributed by atoms with Crippen molar-refractivity contribution in [1.29, 1.82) is 0 Å². The SMILES string of the molecule is COc1ccccc1CC(=O)NCC1CCCC1N. The van der Waals surface area contributed by atoms with Gasteiger partial charge in [0.1, 0.15) is 5.75 Å². The molecule has 19 heavy (non-hydrogen) atoms. The molecule has 0 heterocycles. The van der Waals surface area contributed by atoms with Crippen molar-refractivity contribution in [1.82, 2.24) is 5.32 Å². The Morgan fingerprint density at radius 2 is 2.21 bits per heavy atom. The van der Waals surface area contributed by atoms with Gasteiger partial charge in [0.2, 0.25) is 5.91 Å². The Balaban J connectivity index is 1.84. The summed E-state index contributed by atoms with van der Waals surface area (Å²) in [7, 11) is 1.62. The van der Waals surface area contributed by atoms with Gasteiger partial charge < -0.3 is 15.8 Å². The number of nitrogens with two attached hydrogens (primary N) is 1. The van der Waals surface area contributed by atoms with E-state index in [1.165, 1.54) is 6.42 Å². The van der Waals surface area contributed by atoms with Gasteiger partial charge in [-0.3, -0.25) is 4.79 Å². The molecular weight excluding hydrogens is 240 g/mol. The average Bonchev–Trinajstić information content (AvgIpc) is 2.82. The van der Waals surface area contributed by atoms with Gasteiger partial charge in [0.15, 0.2) is 0 Å². The number of benzene rings is 1. The highest BCUT2D eigenvalue weighted by molar-refractivity contribution is 5.79. The molecule has 1 amide bonds. The summed E-state index contributed by atoms with van der Waals surface area (Å²) >= 11 is 0. The first kappa shape index (κ1) is 13.9. The molecule has 1 saturated carbocycles. The molecule has 1 aliphatic rings. The fraction of sp³-hybridized carbons (Fsp3) is 0.533. The van der Waals surface area contributed by atoms with Crippen LogP contribution in [-0.4, -0.2) is 25.6 Å². The van der Waals surface area contributed by atoms with E-state index in [2.05, 4.69) is 5.32 Å². The summed E-state index contributed by atoms with van der Waals surface area (Å²) in [6.45, 7) is 0.690. The molecule has 104 valence electrons. The van der Waals surface area contributed by atoms with Crippen LogP contribution in [0.3, 0.4) is 0 Å². The number of carbonyl (C=O) groups excluding carboxylic acids is 1. The van der Waals surface area contributed by atoms with E-state index >= 15 is 0 Å². The van der Waals surface area contributed by atoms with Gasteiger partial charge in [0, 0.05) is 18.2 Å². The highest BCUT2D eigenvalue weighted by Gasteiger charge is 2.24. The summed E-state index contributed by atoms with van der Waals surface area (Å²) in [6, 6.07) is 7.84. The third kappa shape index (κ3) is 3.70. The van der Waals surface area contributed by atoms with Crippen molar-refractivity contribution in [3.63, 3.8) is 0 Å². The van der Waals surface area contributed by atoms with Crippen LogP contribution in [-0.2, 0) is 11.2 Å². The average molecular weight is 262 g/mol. The molecule has 4 nitrogen and oxygen atoms in total. The Hall–Kier alpha value is -1.55. The van der Waals surface area contributed by atoms with E-state index in [0.717, 1.165) is 24.2 Å². The van der Waals surface area contributed by atoms with Crippen LogP contribution in [0.4, 0.5) is 0 Å². The maximum absolute atomic E-state index is 11.9. The van der Waals surface area contributed by atoms with Gasteiger partial charge >= 0.3 is 0 Å². The number of hydrogen-bond donors (Lipinski definition) is 2. The first-order valence-corrected chi connectivity index (χ1v) is 6.85. The predicted molar refractivity (Wildman–Crippen MR) is 75.0 cm³/mol. The van der Waals surface area contributed by atoms with Crippen molar-refractivity contribution in [2.45, 2.75) is 31.7 Å². The zero-order valence-electron chi connectivity index (χ0n) is 11.4. The van der Waals surface area contributed by atoms with Gasteiger partial charge in [-0.25, -0.2) is 0 Å². The van der Waals surface area contributed by atoms with Crippen LogP contribution in [0.25, 0.3) is 0 Å². The van der Waals surface area contributed by atoms with Gasteiger partial charge in [0.05, 0.1) is 13.5 Å². The largest absolute Gasteiger partial charge is 0.496 e. The van der Waals surface area contributed by atoms with Gasteiger partial charge in [-0.05, 0) is 24.8 Å². The number of amides is 1. The number of para-hydroxylation sites is 1. The lowest BCUT2D eigenvalue weighted by Crippen LogP contribution is -2.36. The Morgan fingerprint density at radius 1 is 1.42 bits per heavy atom. The van der Waals surface area contributed by atoms with Crippen molar-refractivity contribution < 1.29 is 9.53 Å². The molecular formula is C15H22N2O2. The maximum atomic E-state index is 11.9. The lowest BCUT2D eigenvalue weighted by molar-refractivity contribution is -0.120. The predicted octanol–water partition coefficient (Wildman–Crippen LogP) is 1.48. The van der Waals surface area contributed by atoms with Gasteiger partial charge in [-0.1, -0.05) is 24.6 Å². The van der Waals surface area contributed by atoms with Crippen LogP contribution in [0, 0.1) is 5.92 Å². The molecule has 0 saturated heterocycles. The van der Waals surface area contributed by atoms with Crippen LogP contribution >= 0.6 is 0 Å². The van der Waals surface area contributed by atoms with Crippen molar-refractivity contribution in [3.05, 3.63) is 29.8 Å². The Bertz CT molecular complexity index is 434. The molecule has 2 unspecified atom stereocenters. The molecule has 0 spiro atoms. The number of methoxy groups -OCH3 is 1. The molecule has 1 fully saturated rings. The third-order valence-corrected chi connectivity index (χ3v) is 3.82. The van der Waals surface area contributed by atoms with Crippen LogP contribution in [0.5, 0.6) is 5.75 Å². The lowest BCUT2D eigenvalue weighted by Gasteiger charge is -2.16. The quantitative estimate of drug-likeness (QED) is 0.845. The minimum atomic E-state index is 0.0311. The summed E-state index contributed by atoms with van der Waals surface area (Å²) in [5.74, 6) is 1.22. The molecule has 2 atom stereocenters. The monoisotopic (exact) mass is 262 g/mol. The second-order valence-corrected chi connectivity index (χ2v) is 5.15. The van der Waals surface area contributed by atoms with E-state index in [0.29, 0.717) is 18.9 Å². The van der Waals surface area contributed by atoms with Crippen LogP contribution in [0.2, 0.25) is 0 Å². The van der Waals surface area contributed by atoms with Crippen molar-refractivity contribution >= 4 is 5.91 Å². The Morgan fingerprint density at radius 3 is 2.89 bits per heavy atom. The summed E-state index contributed by atoms with van der Waals surface area (Å²) in [5.41, 5.74) is 6.91. The van der Waals surface area contributed by atoms with E-state index in [-0.39, 0.29) is 11.9 Å². The second-order valence-electron chi connectivity index (χ2n) is 5.15. The van der Waals surface area contributed by atoms with Crippen molar-refractivity contribution in [2.75, 3.05) is 13.7 Å². The second kappa shape index (κ2) is 6.57. The van der Waals surface area contributed by atoms with Crippen LogP contribution in [0.1, 0.15) is 24.8 Å². The first-order chi connectivity index (χ1) is 9.20. The minimum absolute atomic E-state index is 0.0311. The van der Waals surface area contributed by atoms with Crippen molar-refractivity contribution in [2.24, 2.45) is 11.7 Å². The highest BCUT2D eigenvalue weighted by atomic mass is 16.5. The normalized spacial score (nSPS) is 22.2. The summed E-state index contributed by atoms with van der Waals surface area (Å²) < 4.78 is 5.24. The van der Waals surface area contributed by atoms with Gasteiger partial charge in [0.25, 0.3) is 0 Å². The standard InChI is InChI=1S/C15H22N2O2/c1-19-14-8-3-2-5-11(14)9-15(18)17-10-12-6-4-7-13(12)16/h2-3,5,8,12-13H,4,6-7,9-10,16H2,1H3,(H,17,18). The lowest BCUT2D eigenvalue weighted by atomic mass is 10.0. The zero-order chi connectivity index (χ0) is 13.7. The van der Waals surface area contributed by atoms with Gasteiger partial charge in [-0.2, -0.15) is 0 Å². The number of hydrogen-bond acceptors (Lipinski definition) is 3. The highest BCUT2D eigenvalue weighted by Crippen LogP contribution is 2.23. The van der Waals surface area contributed by atoms with Gasteiger partial charge in [-0.15, -0.1) is 0 Å². The zero-order valence-corrected chi connectivity index (χ0v) is 11.4. The molecule has 1 aromatic carbocycles. The topological polar surface area (TPSA) is 64.3 Å². The van der Waals surface area contributed by atoms with E-state index in [4.69, 9.17) is 10.5 Å². The maximum Gasteiger partial charge on any atom is 0.224 e. The van der Waals surface area contributed by atoms with Crippen LogP contribution in [0.15, 0.2) is 24.3 Å². The fourth-order valence-corrected chi connectivity index (χ4v) is 2.65. The molecule has 1 aliphatic carbocycles. The molecule has 1 aromatic rings. The molecule has 0 aliphatic heterocycles. The number of ether oxygens (including phenoxy) is 1. The molecule has 0 bridgehead atoms. The summed E-state index contributed by atoms with van der Waals surface area (Å²) in [4.78, 5) is 11.9. The molecule has 2 rings (SSSR count). The number of rotatable bonds is 5. The number of carbonyl (C=O) groups is 1. The third-order valence-electron chi connectivity index (χ3n) is 3.82. The Labute approximate surface area is 114 Å². The summed E-state index contributed by atoms with van der Waals surface area (Å²) in [6.07, 6.45) is 3.73. The molecule has 0 radical (unpaired) electrons. The molecule has 3 N–H and O–H groups in total. The van der Waals surface area contributed by atoms with E-state index in [1.807, 2.05) is 24.3 Å². The van der Waals surface area contributed by atoms with E-state index < -0.39 is 0 Å². The summed E-state index contributed by atoms with van der Waals surface area (Å²) in [5, 5.41) is 2.98. The smallest absolute Gasteiger partial charge is 0.224 e. The Kier molecular flexibility index (Phi) is 4.80. The molecule has 4 heteroatoms. The number of nitrogens with one attached hydrogen (secondary N) is 1. The fourth-order valence-electron chi connectivity index (χ4n) is 2.65. The minimum Gasteiger partial charge on any atom is -0.496 e. The van der Waals surface area contributed by atoms with E-state index in [9.17, 15) is 4.79 Å². The van der Waals surface area contributed by atoms with Crippen LogP contribution < -0.4 is 15.8 Å². The van der Waals surface area contributed by atoms with E-state index in [1.54, 1.807) is 7.11 Å². The first-order valence-electron chi connectivity index (χ1n) is 6.85.